The predicted molar refractivity (Wildman–Crippen MR) is 107 cm³/mol. The van der Waals surface area contributed by atoms with Gasteiger partial charge >= 0.3 is 11.7 Å². The number of aryl methyl sites for hydroxylation is 2. The van der Waals surface area contributed by atoms with Gasteiger partial charge in [0.05, 0.1) is 18.7 Å². The first-order chi connectivity index (χ1) is 13.5. The van der Waals surface area contributed by atoms with Crippen LogP contribution in [0.1, 0.15) is 35.1 Å². The summed E-state index contributed by atoms with van der Waals surface area (Å²) in [7, 11) is 0. The molecule has 3 rings (SSSR count). The summed E-state index contributed by atoms with van der Waals surface area (Å²) in [6.45, 7) is 2.76. The van der Waals surface area contributed by atoms with Crippen molar-refractivity contribution in [2.75, 3.05) is 0 Å². The number of hydrogen-bond acceptors (Lipinski definition) is 3. The second-order valence-corrected chi connectivity index (χ2v) is 6.36. The van der Waals surface area contributed by atoms with E-state index in [1.807, 2.05) is 37.3 Å². The first-order valence-corrected chi connectivity index (χ1v) is 9.06. The summed E-state index contributed by atoms with van der Waals surface area (Å²) < 4.78 is 3.06. The first-order valence-electron chi connectivity index (χ1n) is 9.06. The molecule has 0 bridgehead atoms. The summed E-state index contributed by atoms with van der Waals surface area (Å²) >= 11 is 0. The van der Waals surface area contributed by atoms with E-state index in [2.05, 4.69) is 11.0 Å². The highest BCUT2D eigenvalue weighted by molar-refractivity contribution is 5.95. The van der Waals surface area contributed by atoms with Gasteiger partial charge in [-0.15, -0.1) is 12.3 Å². The molecule has 2 aromatic carbocycles. The number of aromatic carboxylic acids is 1. The van der Waals surface area contributed by atoms with Crippen LogP contribution in [-0.4, -0.2) is 25.4 Å². The van der Waals surface area contributed by atoms with E-state index in [4.69, 9.17) is 6.42 Å². The monoisotopic (exact) mass is 375 g/mol. The fourth-order valence-corrected chi connectivity index (χ4v) is 3.12. The molecule has 0 saturated carbocycles. The molecule has 6 nitrogen and oxygen atoms in total. The highest BCUT2D eigenvalue weighted by Crippen LogP contribution is 2.24. The molecule has 1 aromatic heterocycles. The quantitative estimate of drug-likeness (QED) is 0.644. The molecule has 142 valence electrons. The van der Waals surface area contributed by atoms with Gasteiger partial charge in [-0.05, 0) is 22.8 Å². The molecular formula is C22H21N3O3. The standard InChI is InChI=1S/C22H21N3O3/c1-3-5-14-25-22(28)24(20(4-2)23-25)15-16-10-12-17(13-11-16)18-8-6-7-9-19(18)21(26)27/h1,6-13H,4-5,14-15H2,2H3,(H,26,27). The summed E-state index contributed by atoms with van der Waals surface area (Å²) in [6, 6.07) is 14.4. The van der Waals surface area contributed by atoms with Crippen molar-refractivity contribution in [2.24, 2.45) is 0 Å². The lowest BCUT2D eigenvalue weighted by molar-refractivity contribution is 0.0697. The van der Waals surface area contributed by atoms with Crippen molar-refractivity contribution in [3.8, 4) is 23.5 Å². The van der Waals surface area contributed by atoms with Gasteiger partial charge in [-0.2, -0.15) is 5.10 Å². The third-order valence-electron chi connectivity index (χ3n) is 4.55. The van der Waals surface area contributed by atoms with Gasteiger partial charge in [0.15, 0.2) is 0 Å². The maximum atomic E-state index is 12.6. The largest absolute Gasteiger partial charge is 0.478 e. The van der Waals surface area contributed by atoms with Gasteiger partial charge in [0.2, 0.25) is 0 Å². The fourth-order valence-electron chi connectivity index (χ4n) is 3.12. The average Bonchev–Trinajstić information content (AvgIpc) is 3.02. The molecule has 0 saturated heterocycles. The average molecular weight is 375 g/mol. The Morgan fingerprint density at radius 2 is 1.89 bits per heavy atom. The van der Waals surface area contributed by atoms with Crippen LogP contribution in [0.5, 0.6) is 0 Å². The van der Waals surface area contributed by atoms with Crippen LogP contribution in [-0.2, 0) is 19.5 Å². The number of aromatic nitrogens is 3. The number of carboxylic acid groups (broad SMARTS) is 1. The topological polar surface area (TPSA) is 77.1 Å². The molecule has 0 radical (unpaired) electrons. The SMILES string of the molecule is C#CCCn1nc(CC)n(Cc2ccc(-c3ccccc3C(=O)O)cc2)c1=O. The molecule has 0 fully saturated rings. The minimum atomic E-state index is -0.960. The molecule has 3 aromatic rings. The lowest BCUT2D eigenvalue weighted by Gasteiger charge is -2.08. The van der Waals surface area contributed by atoms with Crippen molar-refractivity contribution >= 4 is 5.97 Å². The predicted octanol–water partition coefficient (Wildman–Crippen LogP) is 3.04. The van der Waals surface area contributed by atoms with Crippen LogP contribution in [0, 0.1) is 12.3 Å². The Hall–Kier alpha value is -3.59. The van der Waals surface area contributed by atoms with Crippen LogP contribution < -0.4 is 5.69 Å². The Kier molecular flexibility index (Phi) is 5.75. The van der Waals surface area contributed by atoms with Crippen LogP contribution >= 0.6 is 0 Å². The molecule has 0 aliphatic carbocycles. The third-order valence-corrected chi connectivity index (χ3v) is 4.55. The van der Waals surface area contributed by atoms with E-state index in [-0.39, 0.29) is 11.3 Å². The van der Waals surface area contributed by atoms with Crippen LogP contribution in [0.4, 0.5) is 0 Å². The Morgan fingerprint density at radius 1 is 1.18 bits per heavy atom. The van der Waals surface area contributed by atoms with Crippen LogP contribution in [0.3, 0.4) is 0 Å². The number of hydrogen-bond donors (Lipinski definition) is 1. The molecule has 0 aliphatic heterocycles. The van der Waals surface area contributed by atoms with E-state index in [1.54, 1.807) is 22.8 Å². The molecule has 0 unspecified atom stereocenters. The molecule has 0 spiro atoms. The minimum absolute atomic E-state index is 0.174. The summed E-state index contributed by atoms with van der Waals surface area (Å²) in [6.07, 6.45) is 6.38. The van der Waals surface area contributed by atoms with Gasteiger partial charge in [-0.1, -0.05) is 49.4 Å². The second-order valence-electron chi connectivity index (χ2n) is 6.36. The van der Waals surface area contributed by atoms with E-state index in [0.717, 1.165) is 11.1 Å². The number of benzene rings is 2. The molecule has 0 amide bonds. The molecule has 28 heavy (non-hydrogen) atoms. The van der Waals surface area contributed by atoms with Crippen molar-refractivity contribution < 1.29 is 9.90 Å². The number of terminal acetylenes is 1. The normalized spacial score (nSPS) is 10.6. The zero-order valence-electron chi connectivity index (χ0n) is 15.6. The van der Waals surface area contributed by atoms with Gasteiger partial charge in [-0.25, -0.2) is 14.3 Å². The first kappa shape index (κ1) is 19.2. The van der Waals surface area contributed by atoms with Crippen LogP contribution in [0.15, 0.2) is 53.3 Å². The van der Waals surface area contributed by atoms with E-state index in [9.17, 15) is 14.7 Å². The molecule has 6 heteroatoms. The Balaban J connectivity index is 1.88. The van der Waals surface area contributed by atoms with Gasteiger partial charge in [0, 0.05) is 12.8 Å². The van der Waals surface area contributed by atoms with Crippen molar-refractivity contribution in [3.05, 3.63) is 76.0 Å². The highest BCUT2D eigenvalue weighted by atomic mass is 16.4. The van der Waals surface area contributed by atoms with Crippen LogP contribution in [0.2, 0.25) is 0 Å². The molecule has 1 N–H and O–H groups in total. The Labute approximate surface area is 163 Å². The third kappa shape index (κ3) is 3.89. The summed E-state index contributed by atoms with van der Waals surface area (Å²) in [5, 5.41) is 13.7. The van der Waals surface area contributed by atoms with Gasteiger partial charge in [0.25, 0.3) is 0 Å². The maximum Gasteiger partial charge on any atom is 0.346 e. The summed E-state index contributed by atoms with van der Waals surface area (Å²) in [4.78, 5) is 24.0. The molecular weight excluding hydrogens is 354 g/mol. The minimum Gasteiger partial charge on any atom is -0.478 e. The van der Waals surface area contributed by atoms with Gasteiger partial charge < -0.3 is 5.11 Å². The van der Waals surface area contributed by atoms with Gasteiger partial charge in [-0.3, -0.25) is 4.57 Å². The van der Waals surface area contributed by atoms with E-state index in [0.29, 0.717) is 37.3 Å². The van der Waals surface area contributed by atoms with Crippen LogP contribution in [0.25, 0.3) is 11.1 Å². The molecule has 0 aliphatic rings. The van der Waals surface area contributed by atoms with Crippen molar-refractivity contribution in [1.29, 1.82) is 0 Å². The van der Waals surface area contributed by atoms with E-state index < -0.39 is 5.97 Å². The van der Waals surface area contributed by atoms with Crippen molar-refractivity contribution in [1.82, 2.24) is 14.3 Å². The van der Waals surface area contributed by atoms with Crippen molar-refractivity contribution in [2.45, 2.75) is 32.9 Å². The zero-order valence-corrected chi connectivity index (χ0v) is 15.6. The van der Waals surface area contributed by atoms with E-state index in [1.165, 1.54) is 4.68 Å². The summed E-state index contributed by atoms with van der Waals surface area (Å²) in [5.74, 6) is 2.27. The highest BCUT2D eigenvalue weighted by Gasteiger charge is 2.13. The zero-order chi connectivity index (χ0) is 20.1. The summed E-state index contributed by atoms with van der Waals surface area (Å²) in [5.41, 5.74) is 2.50. The van der Waals surface area contributed by atoms with Crippen molar-refractivity contribution in [3.63, 3.8) is 0 Å². The maximum absolute atomic E-state index is 12.6. The lowest BCUT2D eigenvalue weighted by Crippen LogP contribution is -2.26. The van der Waals surface area contributed by atoms with Gasteiger partial charge in [0.1, 0.15) is 5.82 Å². The molecule has 1 heterocycles. The number of carbonyl (C=O) groups is 1. The lowest BCUT2D eigenvalue weighted by atomic mass is 9.99. The number of carboxylic acids is 1. The Bertz CT molecular complexity index is 1090. The number of rotatable bonds is 7. The number of nitrogens with zero attached hydrogens (tertiary/aromatic N) is 3. The Morgan fingerprint density at radius 3 is 2.54 bits per heavy atom. The smallest absolute Gasteiger partial charge is 0.346 e. The van der Waals surface area contributed by atoms with E-state index >= 15 is 0 Å². The fraction of sp³-hybridized carbons (Fsp3) is 0.227. The second kappa shape index (κ2) is 8.40. The molecule has 0 atom stereocenters.